The third-order valence-electron chi connectivity index (χ3n) is 7.36. The molecule has 41 heavy (non-hydrogen) atoms. The van der Waals surface area contributed by atoms with E-state index < -0.39 is 42.7 Å². The van der Waals surface area contributed by atoms with Gasteiger partial charge in [-0.2, -0.15) is 13.2 Å². The van der Waals surface area contributed by atoms with Crippen LogP contribution in [0.25, 0.3) is 10.9 Å². The summed E-state index contributed by atoms with van der Waals surface area (Å²) in [6.07, 6.45) is -1.81. The second-order valence-electron chi connectivity index (χ2n) is 10.2. The lowest BCUT2D eigenvalue weighted by molar-refractivity contribution is -0.145. The zero-order chi connectivity index (χ0) is 29.2. The van der Waals surface area contributed by atoms with Crippen LogP contribution in [0, 0.1) is 0 Å². The van der Waals surface area contributed by atoms with E-state index in [1.807, 2.05) is 0 Å². The minimum absolute atomic E-state index is 0.0175. The van der Waals surface area contributed by atoms with Gasteiger partial charge in [-0.3, -0.25) is 9.69 Å². The van der Waals surface area contributed by atoms with Gasteiger partial charge >= 0.3 is 6.18 Å². The number of amides is 1. The van der Waals surface area contributed by atoms with Crippen LogP contribution in [0.15, 0.2) is 36.7 Å². The Morgan fingerprint density at radius 1 is 1.10 bits per heavy atom. The highest BCUT2D eigenvalue weighted by Crippen LogP contribution is 2.33. The number of ether oxygens (including phenoxy) is 1. The van der Waals surface area contributed by atoms with Gasteiger partial charge in [-0.1, -0.05) is 11.6 Å². The maximum absolute atomic E-state index is 13.8. The molecule has 0 radical (unpaired) electrons. The van der Waals surface area contributed by atoms with Crippen LogP contribution >= 0.6 is 11.6 Å². The molecule has 3 aromatic rings. The van der Waals surface area contributed by atoms with E-state index in [0.29, 0.717) is 29.9 Å². The average Bonchev–Trinajstić information content (AvgIpc) is 2.94. The number of nitrogens with zero attached hydrogens (tertiary/aromatic N) is 4. The number of likely N-dealkylation sites (tertiary alicyclic amines) is 1. The number of piperidine rings is 1. The molecule has 0 saturated carbocycles. The molecule has 2 saturated heterocycles. The number of fused-ring (bicyclic) bond motifs is 1. The van der Waals surface area contributed by atoms with Crippen molar-refractivity contribution in [3.05, 3.63) is 58.6 Å². The van der Waals surface area contributed by atoms with Crippen LogP contribution in [0.3, 0.4) is 0 Å². The Morgan fingerprint density at radius 3 is 2.44 bits per heavy atom. The Morgan fingerprint density at radius 2 is 1.78 bits per heavy atom. The number of carbonyl (C=O) groups excluding carboxylic acids is 1. The van der Waals surface area contributed by atoms with E-state index in [9.17, 15) is 26.7 Å². The van der Waals surface area contributed by atoms with Gasteiger partial charge in [0.2, 0.25) is 5.82 Å². The number of anilines is 1. The van der Waals surface area contributed by atoms with Crippen LogP contribution in [-0.4, -0.2) is 70.6 Å². The number of pyridine rings is 1. The maximum Gasteiger partial charge on any atom is 0.451 e. The largest absolute Gasteiger partial charge is 0.451 e. The zero-order valence-corrected chi connectivity index (χ0v) is 22.6. The van der Waals surface area contributed by atoms with E-state index in [2.05, 4.69) is 25.6 Å². The van der Waals surface area contributed by atoms with Crippen LogP contribution in [0.1, 0.15) is 53.5 Å². The molecular formula is C27H28ClF5N6O2. The topological polar surface area (TPSA) is 92.3 Å². The summed E-state index contributed by atoms with van der Waals surface area (Å²) in [6.45, 7) is 1.21. The Labute approximate surface area is 237 Å². The summed E-state index contributed by atoms with van der Waals surface area (Å²) in [5.41, 5.74) is 0.988. The fourth-order valence-corrected chi connectivity index (χ4v) is 5.35. The van der Waals surface area contributed by atoms with Crippen LogP contribution in [0.4, 0.5) is 27.8 Å². The third-order valence-corrected chi connectivity index (χ3v) is 7.67. The Hall–Kier alpha value is -3.16. The van der Waals surface area contributed by atoms with Gasteiger partial charge in [0.05, 0.1) is 22.1 Å². The van der Waals surface area contributed by atoms with Crippen molar-refractivity contribution in [1.82, 2.24) is 25.2 Å². The summed E-state index contributed by atoms with van der Waals surface area (Å²) >= 11 is 6.43. The van der Waals surface area contributed by atoms with Crippen molar-refractivity contribution in [2.75, 3.05) is 38.2 Å². The second-order valence-corrected chi connectivity index (χ2v) is 10.6. The monoisotopic (exact) mass is 598 g/mol. The highest BCUT2D eigenvalue weighted by Gasteiger charge is 2.38. The first-order valence-electron chi connectivity index (χ1n) is 13.2. The molecule has 2 aliphatic rings. The Balaban J connectivity index is 1.36. The van der Waals surface area contributed by atoms with Gasteiger partial charge in [-0.25, -0.2) is 23.7 Å². The van der Waals surface area contributed by atoms with Gasteiger partial charge in [-0.05, 0) is 37.1 Å². The second kappa shape index (κ2) is 12.0. The molecule has 1 amide bonds. The highest BCUT2D eigenvalue weighted by atomic mass is 35.5. The molecule has 4 heterocycles. The molecule has 14 heteroatoms. The van der Waals surface area contributed by atoms with E-state index in [1.165, 1.54) is 0 Å². The third kappa shape index (κ3) is 7.02. The van der Waals surface area contributed by atoms with E-state index in [1.54, 1.807) is 29.2 Å². The number of carbonyl (C=O) groups is 1. The quantitative estimate of drug-likeness (QED) is 0.348. The number of aromatic nitrogens is 3. The van der Waals surface area contributed by atoms with Crippen LogP contribution in [0.2, 0.25) is 5.02 Å². The van der Waals surface area contributed by atoms with E-state index >= 15 is 0 Å². The Bertz CT molecular complexity index is 1380. The number of benzene rings is 1. The van der Waals surface area contributed by atoms with Gasteiger partial charge in [-0.15, -0.1) is 0 Å². The van der Waals surface area contributed by atoms with Crippen LogP contribution in [-0.2, 0) is 10.9 Å². The number of hydrogen-bond acceptors (Lipinski definition) is 7. The lowest BCUT2D eigenvalue weighted by Crippen LogP contribution is -2.45. The zero-order valence-electron chi connectivity index (χ0n) is 21.9. The SMILES string of the molecule is O=C(NCC(c1cnc(C(F)(F)F)nc1)N1CCC(F)(F)CC1)c1c(Cl)ccc2nc(NC3CCOCC3)ccc12. The van der Waals surface area contributed by atoms with Crippen LogP contribution < -0.4 is 10.6 Å². The van der Waals surface area contributed by atoms with Crippen molar-refractivity contribution in [1.29, 1.82) is 0 Å². The average molecular weight is 599 g/mol. The molecule has 8 nitrogen and oxygen atoms in total. The standard InChI is InChI=1S/C27H28ClF5N6O2/c28-19-2-3-20-18(1-4-22(38-20)37-17-5-11-41-12-6-17)23(19)24(40)34-15-21(39-9-7-26(29,30)8-10-39)16-13-35-25(36-14-16)27(31,32)33/h1-4,13-14,17,21H,5-12,15H2,(H,34,40)(H,37,38). The number of hydrogen-bond donors (Lipinski definition) is 2. The molecule has 2 aliphatic heterocycles. The summed E-state index contributed by atoms with van der Waals surface area (Å²) < 4.78 is 72.1. The molecule has 2 fully saturated rings. The molecule has 0 aliphatic carbocycles. The minimum Gasteiger partial charge on any atom is -0.381 e. The van der Waals surface area contributed by atoms with Gasteiger partial charge in [0.15, 0.2) is 0 Å². The summed E-state index contributed by atoms with van der Waals surface area (Å²) in [7, 11) is 0. The van der Waals surface area contributed by atoms with Gasteiger partial charge in [0, 0.05) is 75.1 Å². The molecule has 5 rings (SSSR count). The summed E-state index contributed by atoms with van der Waals surface area (Å²) in [6, 6.07) is 6.28. The lowest BCUT2D eigenvalue weighted by Gasteiger charge is -2.37. The first-order chi connectivity index (χ1) is 19.5. The van der Waals surface area contributed by atoms with Gasteiger partial charge in [0.25, 0.3) is 11.8 Å². The molecular weight excluding hydrogens is 571 g/mol. The molecule has 1 aromatic carbocycles. The number of halogens is 6. The first kappa shape index (κ1) is 29.3. The predicted octanol–water partition coefficient (Wildman–Crippen LogP) is 5.49. The normalized spacial score (nSPS) is 19.2. The molecule has 220 valence electrons. The van der Waals surface area contributed by atoms with Crippen molar-refractivity contribution >= 4 is 34.2 Å². The van der Waals surface area contributed by atoms with Crippen molar-refractivity contribution in [3.8, 4) is 0 Å². The van der Waals surface area contributed by atoms with Gasteiger partial charge < -0.3 is 15.4 Å². The molecule has 0 spiro atoms. The lowest BCUT2D eigenvalue weighted by atomic mass is 10.0. The number of rotatable bonds is 7. The van der Waals surface area contributed by atoms with Crippen LogP contribution in [0.5, 0.6) is 0 Å². The van der Waals surface area contributed by atoms with Crippen molar-refractivity contribution in [2.45, 2.75) is 49.9 Å². The smallest absolute Gasteiger partial charge is 0.381 e. The molecule has 2 aromatic heterocycles. The highest BCUT2D eigenvalue weighted by molar-refractivity contribution is 6.35. The van der Waals surface area contributed by atoms with E-state index in [0.717, 1.165) is 25.2 Å². The maximum atomic E-state index is 13.8. The number of nitrogens with one attached hydrogen (secondary N) is 2. The molecule has 1 atom stereocenters. The van der Waals surface area contributed by atoms with Crippen molar-refractivity contribution in [3.63, 3.8) is 0 Å². The number of alkyl halides is 5. The predicted molar refractivity (Wildman–Crippen MR) is 142 cm³/mol. The van der Waals surface area contributed by atoms with E-state index in [-0.39, 0.29) is 41.8 Å². The minimum atomic E-state index is -4.73. The Kier molecular flexibility index (Phi) is 8.57. The van der Waals surface area contributed by atoms with Gasteiger partial charge in [0.1, 0.15) is 5.82 Å². The van der Waals surface area contributed by atoms with Crippen molar-refractivity contribution in [2.24, 2.45) is 0 Å². The fourth-order valence-electron chi connectivity index (χ4n) is 5.09. The summed E-state index contributed by atoms with van der Waals surface area (Å²) in [4.78, 5) is 26.6. The fraction of sp³-hybridized carbons (Fsp3) is 0.481. The molecule has 0 bridgehead atoms. The first-order valence-corrected chi connectivity index (χ1v) is 13.6. The summed E-state index contributed by atoms with van der Waals surface area (Å²) in [5, 5.41) is 6.87. The molecule has 1 unspecified atom stereocenters. The van der Waals surface area contributed by atoms with Crippen molar-refractivity contribution < 1.29 is 31.5 Å². The van der Waals surface area contributed by atoms with E-state index in [4.69, 9.17) is 16.3 Å². The summed E-state index contributed by atoms with van der Waals surface area (Å²) in [5.74, 6) is -4.02. The molecule has 2 N–H and O–H groups in total.